The van der Waals surface area contributed by atoms with Crippen LogP contribution in [-0.4, -0.2) is 11.8 Å². The van der Waals surface area contributed by atoms with Gasteiger partial charge in [-0.3, -0.25) is 0 Å². The molecule has 3 heteroatoms. The Balaban J connectivity index is 1.84. The van der Waals surface area contributed by atoms with Crippen LogP contribution >= 0.6 is 11.8 Å². The fourth-order valence-corrected chi connectivity index (χ4v) is 2.44. The number of benzene rings is 1. The zero-order valence-corrected chi connectivity index (χ0v) is 8.77. The Kier molecular flexibility index (Phi) is 3.08. The summed E-state index contributed by atoms with van der Waals surface area (Å²) in [6, 6.07) is 6.96. The summed E-state index contributed by atoms with van der Waals surface area (Å²) in [4.78, 5) is 0.973. The summed E-state index contributed by atoms with van der Waals surface area (Å²) in [5.41, 5.74) is 5.95. The van der Waals surface area contributed by atoms with E-state index >= 15 is 0 Å². The zero-order chi connectivity index (χ0) is 9.97. The number of rotatable bonds is 4. The van der Waals surface area contributed by atoms with Crippen LogP contribution in [0.2, 0.25) is 0 Å². The fraction of sp³-hybridized carbons (Fsp3) is 0.455. The van der Waals surface area contributed by atoms with E-state index in [9.17, 15) is 4.39 Å². The first-order chi connectivity index (χ1) is 6.75. The molecule has 1 aliphatic rings. The summed E-state index contributed by atoms with van der Waals surface area (Å²) in [6.07, 6.45) is 2.54. The highest BCUT2D eigenvalue weighted by Crippen LogP contribution is 2.34. The Morgan fingerprint density at radius 1 is 1.50 bits per heavy atom. The topological polar surface area (TPSA) is 26.0 Å². The van der Waals surface area contributed by atoms with E-state index in [1.54, 1.807) is 23.9 Å². The monoisotopic (exact) mass is 211 g/mol. The van der Waals surface area contributed by atoms with Gasteiger partial charge in [0, 0.05) is 16.7 Å². The molecule has 1 aliphatic carbocycles. The van der Waals surface area contributed by atoms with Crippen molar-refractivity contribution in [2.75, 3.05) is 5.75 Å². The molecule has 0 spiro atoms. The molecule has 76 valence electrons. The van der Waals surface area contributed by atoms with E-state index in [1.807, 2.05) is 6.07 Å². The van der Waals surface area contributed by atoms with Crippen molar-refractivity contribution < 1.29 is 4.39 Å². The van der Waals surface area contributed by atoms with Crippen LogP contribution in [0.1, 0.15) is 12.8 Å². The maximum Gasteiger partial charge on any atom is 0.124 e. The number of thioether (sulfide) groups is 1. The van der Waals surface area contributed by atoms with Crippen molar-refractivity contribution in [2.24, 2.45) is 11.7 Å². The van der Waals surface area contributed by atoms with Crippen LogP contribution in [0.25, 0.3) is 0 Å². The predicted octanol–water partition coefficient (Wildman–Crippen LogP) is 2.66. The lowest BCUT2D eigenvalue weighted by Crippen LogP contribution is -2.24. The molecule has 1 atom stereocenters. The van der Waals surface area contributed by atoms with Crippen LogP contribution < -0.4 is 5.73 Å². The smallest absolute Gasteiger partial charge is 0.124 e. The number of nitrogens with two attached hydrogens (primary N) is 1. The highest BCUT2D eigenvalue weighted by molar-refractivity contribution is 7.99. The Morgan fingerprint density at radius 2 is 2.29 bits per heavy atom. The maximum absolute atomic E-state index is 12.8. The van der Waals surface area contributed by atoms with Crippen LogP contribution in [-0.2, 0) is 0 Å². The summed E-state index contributed by atoms with van der Waals surface area (Å²) in [5, 5.41) is 0. The van der Waals surface area contributed by atoms with Gasteiger partial charge >= 0.3 is 0 Å². The van der Waals surface area contributed by atoms with Crippen LogP contribution in [0.15, 0.2) is 29.2 Å². The first kappa shape index (κ1) is 9.99. The zero-order valence-electron chi connectivity index (χ0n) is 7.95. The van der Waals surface area contributed by atoms with E-state index < -0.39 is 0 Å². The molecular weight excluding hydrogens is 197 g/mol. The van der Waals surface area contributed by atoms with Gasteiger partial charge in [-0.05, 0) is 37.0 Å². The minimum atomic E-state index is -0.171. The van der Waals surface area contributed by atoms with Crippen LogP contribution in [0.4, 0.5) is 4.39 Å². The SMILES string of the molecule is NC(CSc1cccc(F)c1)C1CC1. The quantitative estimate of drug-likeness (QED) is 0.775. The molecule has 1 fully saturated rings. The van der Waals surface area contributed by atoms with E-state index in [1.165, 1.54) is 18.9 Å². The van der Waals surface area contributed by atoms with Crippen molar-refractivity contribution >= 4 is 11.8 Å². The van der Waals surface area contributed by atoms with Gasteiger partial charge in [-0.2, -0.15) is 0 Å². The molecule has 1 unspecified atom stereocenters. The second-order valence-corrected chi connectivity index (χ2v) is 4.86. The molecule has 14 heavy (non-hydrogen) atoms. The standard InChI is InChI=1S/C11H14FNS/c12-9-2-1-3-10(6-9)14-7-11(13)8-4-5-8/h1-3,6,8,11H,4-5,7,13H2. The molecule has 2 N–H and O–H groups in total. The van der Waals surface area contributed by atoms with E-state index in [0.29, 0.717) is 0 Å². The maximum atomic E-state index is 12.8. The molecule has 2 rings (SSSR count). The van der Waals surface area contributed by atoms with E-state index in [4.69, 9.17) is 5.73 Å². The molecule has 1 aromatic carbocycles. The van der Waals surface area contributed by atoms with Crippen molar-refractivity contribution in [3.05, 3.63) is 30.1 Å². The molecule has 0 saturated heterocycles. The van der Waals surface area contributed by atoms with Gasteiger partial charge in [0.25, 0.3) is 0 Å². The van der Waals surface area contributed by atoms with Gasteiger partial charge < -0.3 is 5.73 Å². The summed E-state index contributed by atoms with van der Waals surface area (Å²) in [6.45, 7) is 0. The molecule has 0 aliphatic heterocycles. The van der Waals surface area contributed by atoms with Crippen LogP contribution in [0, 0.1) is 11.7 Å². The van der Waals surface area contributed by atoms with Crippen molar-refractivity contribution in [2.45, 2.75) is 23.8 Å². The van der Waals surface area contributed by atoms with Crippen molar-refractivity contribution in [3.8, 4) is 0 Å². The van der Waals surface area contributed by atoms with Crippen LogP contribution in [0.3, 0.4) is 0 Å². The second kappa shape index (κ2) is 4.32. The van der Waals surface area contributed by atoms with Gasteiger partial charge in [0.05, 0.1) is 0 Å². The van der Waals surface area contributed by atoms with Crippen molar-refractivity contribution in [1.29, 1.82) is 0 Å². The third kappa shape index (κ3) is 2.72. The Bertz CT molecular complexity index is 312. The number of halogens is 1. The number of hydrogen-bond donors (Lipinski definition) is 1. The summed E-state index contributed by atoms with van der Waals surface area (Å²) < 4.78 is 12.8. The normalized spacial score (nSPS) is 18.1. The molecule has 0 bridgehead atoms. The fourth-order valence-electron chi connectivity index (χ4n) is 1.41. The Hall–Kier alpha value is -0.540. The highest BCUT2D eigenvalue weighted by Gasteiger charge is 2.28. The van der Waals surface area contributed by atoms with Crippen molar-refractivity contribution in [1.82, 2.24) is 0 Å². The Morgan fingerprint density at radius 3 is 2.93 bits per heavy atom. The average Bonchev–Trinajstić information content (AvgIpc) is 2.97. The molecule has 0 amide bonds. The Labute approximate surface area is 87.9 Å². The largest absolute Gasteiger partial charge is 0.327 e. The van der Waals surface area contributed by atoms with E-state index in [-0.39, 0.29) is 11.9 Å². The van der Waals surface area contributed by atoms with Crippen molar-refractivity contribution in [3.63, 3.8) is 0 Å². The lowest BCUT2D eigenvalue weighted by molar-refractivity contribution is 0.624. The number of hydrogen-bond acceptors (Lipinski definition) is 2. The minimum Gasteiger partial charge on any atom is -0.327 e. The first-order valence-corrected chi connectivity index (χ1v) is 5.88. The van der Waals surface area contributed by atoms with Gasteiger partial charge in [-0.1, -0.05) is 6.07 Å². The lowest BCUT2D eigenvalue weighted by Gasteiger charge is -2.09. The molecule has 1 nitrogen and oxygen atoms in total. The minimum absolute atomic E-state index is 0.171. The van der Waals surface area contributed by atoms with Crippen LogP contribution in [0.5, 0.6) is 0 Å². The van der Waals surface area contributed by atoms with Gasteiger partial charge in [0.1, 0.15) is 5.82 Å². The molecular formula is C11H14FNS. The molecule has 1 saturated carbocycles. The third-order valence-corrected chi connectivity index (χ3v) is 3.60. The molecule has 0 aromatic heterocycles. The summed E-state index contributed by atoms with van der Waals surface area (Å²) >= 11 is 1.65. The molecule has 0 radical (unpaired) electrons. The van der Waals surface area contributed by atoms with Gasteiger partial charge in [0.15, 0.2) is 0 Å². The highest BCUT2D eigenvalue weighted by atomic mass is 32.2. The van der Waals surface area contributed by atoms with E-state index in [0.717, 1.165) is 16.6 Å². The lowest BCUT2D eigenvalue weighted by atomic mass is 10.2. The predicted molar refractivity (Wildman–Crippen MR) is 57.8 cm³/mol. The summed E-state index contributed by atoms with van der Waals surface area (Å²) in [7, 11) is 0. The van der Waals surface area contributed by atoms with Gasteiger partial charge in [0.2, 0.25) is 0 Å². The second-order valence-electron chi connectivity index (χ2n) is 3.77. The molecule has 0 heterocycles. The average molecular weight is 211 g/mol. The first-order valence-electron chi connectivity index (χ1n) is 4.89. The van der Waals surface area contributed by atoms with Gasteiger partial charge in [-0.15, -0.1) is 11.8 Å². The summed E-state index contributed by atoms with van der Waals surface area (Å²) in [5.74, 6) is 1.44. The van der Waals surface area contributed by atoms with E-state index in [2.05, 4.69) is 0 Å². The third-order valence-electron chi connectivity index (χ3n) is 2.47. The molecule has 1 aromatic rings. The van der Waals surface area contributed by atoms with Gasteiger partial charge in [-0.25, -0.2) is 4.39 Å².